The van der Waals surface area contributed by atoms with Crippen LogP contribution in [0.25, 0.3) is 0 Å². The molecule has 0 bridgehead atoms. The molecule has 0 spiro atoms. The number of aryl methyl sites for hydroxylation is 2. The molecular formula is C18H20N2O3. The second-order valence-corrected chi connectivity index (χ2v) is 5.32. The van der Waals surface area contributed by atoms with Gasteiger partial charge in [0.2, 0.25) is 5.91 Å². The summed E-state index contributed by atoms with van der Waals surface area (Å²) >= 11 is 0. The summed E-state index contributed by atoms with van der Waals surface area (Å²) in [5.74, 6) is 0.791. The molecular weight excluding hydrogens is 292 g/mol. The molecule has 0 saturated heterocycles. The van der Waals surface area contributed by atoms with Gasteiger partial charge >= 0.3 is 0 Å². The number of ether oxygens (including phenoxy) is 1. The number of rotatable bonds is 5. The first kappa shape index (κ1) is 16.5. The molecule has 0 atom stereocenters. The number of aromatic hydroxyl groups is 1. The quantitative estimate of drug-likeness (QED) is 0.659. The van der Waals surface area contributed by atoms with E-state index in [1.165, 1.54) is 0 Å². The Labute approximate surface area is 135 Å². The van der Waals surface area contributed by atoms with Crippen molar-refractivity contribution in [3.63, 3.8) is 0 Å². The summed E-state index contributed by atoms with van der Waals surface area (Å²) in [4.78, 5) is 11.9. The molecule has 23 heavy (non-hydrogen) atoms. The van der Waals surface area contributed by atoms with E-state index >= 15 is 0 Å². The van der Waals surface area contributed by atoms with Gasteiger partial charge < -0.3 is 9.84 Å². The highest BCUT2D eigenvalue weighted by Crippen LogP contribution is 2.22. The molecule has 0 aromatic heterocycles. The Balaban J connectivity index is 1.96. The average Bonchev–Trinajstić information content (AvgIpc) is 2.52. The first-order valence-electron chi connectivity index (χ1n) is 7.24. The average molecular weight is 312 g/mol. The molecule has 0 saturated carbocycles. The van der Waals surface area contributed by atoms with E-state index < -0.39 is 0 Å². The number of amides is 1. The van der Waals surface area contributed by atoms with Gasteiger partial charge in [0.05, 0.1) is 19.7 Å². The van der Waals surface area contributed by atoms with E-state index in [0.717, 1.165) is 22.3 Å². The summed E-state index contributed by atoms with van der Waals surface area (Å²) < 4.78 is 5.13. The van der Waals surface area contributed by atoms with Gasteiger partial charge in [0.1, 0.15) is 11.5 Å². The maximum atomic E-state index is 11.9. The van der Waals surface area contributed by atoms with Crippen LogP contribution in [0, 0.1) is 13.8 Å². The van der Waals surface area contributed by atoms with Crippen LogP contribution in [0.1, 0.15) is 22.3 Å². The third-order valence-corrected chi connectivity index (χ3v) is 3.42. The van der Waals surface area contributed by atoms with Crippen molar-refractivity contribution in [3.05, 3.63) is 58.7 Å². The molecule has 0 heterocycles. The second-order valence-electron chi connectivity index (χ2n) is 5.32. The minimum atomic E-state index is -0.207. The van der Waals surface area contributed by atoms with E-state index in [9.17, 15) is 9.90 Å². The second kappa shape index (κ2) is 7.45. The molecule has 2 rings (SSSR count). The zero-order valence-corrected chi connectivity index (χ0v) is 13.5. The molecule has 1 amide bonds. The van der Waals surface area contributed by atoms with Gasteiger partial charge in [0, 0.05) is 0 Å². The summed E-state index contributed by atoms with van der Waals surface area (Å²) in [6, 6.07) is 11.0. The lowest BCUT2D eigenvalue weighted by molar-refractivity contribution is -0.120. The van der Waals surface area contributed by atoms with Crippen LogP contribution in [0.2, 0.25) is 0 Å². The fraction of sp³-hybridized carbons (Fsp3) is 0.222. The van der Waals surface area contributed by atoms with Crippen LogP contribution in [0.15, 0.2) is 41.5 Å². The van der Waals surface area contributed by atoms with Crippen molar-refractivity contribution in [3.8, 4) is 11.5 Å². The number of methoxy groups -OCH3 is 1. The third-order valence-electron chi connectivity index (χ3n) is 3.42. The normalized spacial score (nSPS) is 10.7. The van der Waals surface area contributed by atoms with Crippen molar-refractivity contribution >= 4 is 12.1 Å². The van der Waals surface area contributed by atoms with Crippen LogP contribution < -0.4 is 10.2 Å². The Kier molecular flexibility index (Phi) is 5.36. The smallest absolute Gasteiger partial charge is 0.244 e. The van der Waals surface area contributed by atoms with E-state index in [0.29, 0.717) is 5.75 Å². The minimum absolute atomic E-state index is 0.207. The molecule has 0 aliphatic heterocycles. The van der Waals surface area contributed by atoms with E-state index in [1.54, 1.807) is 25.5 Å². The molecule has 2 N–H and O–H groups in total. The number of phenolic OH excluding ortho intramolecular Hbond substituents is 1. The Hall–Kier alpha value is -2.82. The SMILES string of the molecule is COc1cccc(CC(=O)NN=Cc2cc(C)c(O)c(C)c2)c1. The van der Waals surface area contributed by atoms with Crippen molar-refractivity contribution in [2.24, 2.45) is 5.10 Å². The zero-order chi connectivity index (χ0) is 16.8. The Morgan fingerprint density at radius 2 is 1.96 bits per heavy atom. The van der Waals surface area contributed by atoms with Crippen LogP contribution in [0.3, 0.4) is 0 Å². The summed E-state index contributed by atoms with van der Waals surface area (Å²) in [5.41, 5.74) is 5.72. The van der Waals surface area contributed by atoms with Crippen molar-refractivity contribution in [1.82, 2.24) is 5.43 Å². The molecule has 0 unspecified atom stereocenters. The van der Waals surface area contributed by atoms with Gasteiger partial charge in [0.15, 0.2) is 0 Å². The van der Waals surface area contributed by atoms with Gasteiger partial charge in [-0.05, 0) is 60.4 Å². The number of carbonyl (C=O) groups is 1. The van der Waals surface area contributed by atoms with Crippen LogP contribution in [0.4, 0.5) is 0 Å². The molecule has 120 valence electrons. The fourth-order valence-electron chi connectivity index (χ4n) is 2.25. The summed E-state index contributed by atoms with van der Waals surface area (Å²) in [5, 5.41) is 13.7. The number of hydrazone groups is 1. The molecule has 0 radical (unpaired) electrons. The standard InChI is InChI=1S/C18H20N2O3/c1-12-7-15(8-13(2)18(12)22)11-19-20-17(21)10-14-5-4-6-16(9-14)23-3/h4-9,11,22H,10H2,1-3H3,(H,20,21). The van der Waals surface area contributed by atoms with Gasteiger partial charge in [-0.3, -0.25) is 4.79 Å². The Morgan fingerprint density at radius 1 is 1.26 bits per heavy atom. The number of benzene rings is 2. The highest BCUT2D eigenvalue weighted by Gasteiger charge is 2.04. The molecule has 2 aromatic rings. The predicted molar refractivity (Wildman–Crippen MR) is 90.0 cm³/mol. The Bertz CT molecular complexity index is 716. The van der Waals surface area contributed by atoms with Gasteiger partial charge in [-0.15, -0.1) is 0 Å². The van der Waals surface area contributed by atoms with Crippen LogP contribution in [0.5, 0.6) is 11.5 Å². The van der Waals surface area contributed by atoms with E-state index in [2.05, 4.69) is 10.5 Å². The number of hydrogen-bond donors (Lipinski definition) is 2. The van der Waals surface area contributed by atoms with Gasteiger partial charge in [-0.25, -0.2) is 5.43 Å². The molecule has 2 aromatic carbocycles. The fourth-order valence-corrected chi connectivity index (χ4v) is 2.25. The van der Waals surface area contributed by atoms with Crippen LogP contribution in [-0.4, -0.2) is 24.3 Å². The van der Waals surface area contributed by atoms with E-state index in [4.69, 9.17) is 4.74 Å². The lowest BCUT2D eigenvalue weighted by atomic mass is 10.1. The van der Waals surface area contributed by atoms with Crippen molar-refractivity contribution in [2.45, 2.75) is 20.3 Å². The first-order chi connectivity index (χ1) is 11.0. The number of hydrogen-bond acceptors (Lipinski definition) is 4. The lowest BCUT2D eigenvalue weighted by Gasteiger charge is -2.05. The van der Waals surface area contributed by atoms with Gasteiger partial charge in [-0.1, -0.05) is 12.1 Å². The number of carbonyl (C=O) groups excluding carboxylic acids is 1. The summed E-state index contributed by atoms with van der Waals surface area (Å²) in [6.07, 6.45) is 1.78. The lowest BCUT2D eigenvalue weighted by Crippen LogP contribution is -2.19. The van der Waals surface area contributed by atoms with Crippen molar-refractivity contribution in [2.75, 3.05) is 7.11 Å². The Morgan fingerprint density at radius 3 is 2.61 bits per heavy atom. The molecule has 0 aliphatic rings. The van der Waals surface area contributed by atoms with Crippen LogP contribution in [-0.2, 0) is 11.2 Å². The van der Waals surface area contributed by atoms with Crippen molar-refractivity contribution in [1.29, 1.82) is 0 Å². The predicted octanol–water partition coefficient (Wildman–Crippen LogP) is 2.71. The highest BCUT2D eigenvalue weighted by atomic mass is 16.5. The number of nitrogens with one attached hydrogen (secondary N) is 1. The zero-order valence-electron chi connectivity index (χ0n) is 13.5. The monoisotopic (exact) mass is 312 g/mol. The molecule has 0 fully saturated rings. The molecule has 5 heteroatoms. The number of phenols is 1. The number of nitrogens with zero attached hydrogens (tertiary/aromatic N) is 1. The molecule has 0 aliphatic carbocycles. The topological polar surface area (TPSA) is 70.9 Å². The van der Waals surface area contributed by atoms with Gasteiger partial charge in [-0.2, -0.15) is 5.10 Å². The first-order valence-corrected chi connectivity index (χ1v) is 7.24. The summed E-state index contributed by atoms with van der Waals surface area (Å²) in [7, 11) is 1.59. The van der Waals surface area contributed by atoms with Crippen molar-refractivity contribution < 1.29 is 14.6 Å². The maximum absolute atomic E-state index is 11.9. The minimum Gasteiger partial charge on any atom is -0.507 e. The van der Waals surface area contributed by atoms with Gasteiger partial charge in [0.25, 0.3) is 0 Å². The third kappa shape index (κ3) is 4.57. The highest BCUT2D eigenvalue weighted by molar-refractivity contribution is 5.84. The summed E-state index contributed by atoms with van der Waals surface area (Å²) in [6.45, 7) is 3.64. The molecule has 5 nitrogen and oxygen atoms in total. The largest absolute Gasteiger partial charge is 0.507 e. The van der Waals surface area contributed by atoms with E-state index in [-0.39, 0.29) is 18.1 Å². The maximum Gasteiger partial charge on any atom is 0.244 e. The van der Waals surface area contributed by atoms with E-state index in [1.807, 2.05) is 38.1 Å². The van der Waals surface area contributed by atoms with Crippen LogP contribution >= 0.6 is 0 Å².